The van der Waals surface area contributed by atoms with E-state index in [1.54, 1.807) is 19.2 Å². The van der Waals surface area contributed by atoms with Crippen molar-refractivity contribution in [1.82, 2.24) is 19.9 Å². The summed E-state index contributed by atoms with van der Waals surface area (Å²) in [5.74, 6) is 1.71. The number of piperazine rings is 1. The molecule has 31 heavy (non-hydrogen) atoms. The van der Waals surface area contributed by atoms with Gasteiger partial charge in [0.15, 0.2) is 0 Å². The van der Waals surface area contributed by atoms with Gasteiger partial charge in [0.25, 0.3) is 0 Å². The first-order chi connectivity index (χ1) is 15.1. The average molecular weight is 442 g/mol. The predicted octanol–water partition coefficient (Wildman–Crippen LogP) is 3.15. The normalized spacial score (nSPS) is 15.0. The summed E-state index contributed by atoms with van der Waals surface area (Å²) in [4.78, 5) is 21.2. The maximum absolute atomic E-state index is 12.3. The molecule has 3 aromatic rings. The number of hydrogen-bond acceptors (Lipinski definition) is 7. The van der Waals surface area contributed by atoms with Gasteiger partial charge in [0.05, 0.1) is 36.5 Å². The molecule has 162 valence electrons. The Bertz CT molecular complexity index is 1030. The number of nitrogens with one attached hydrogen (secondary N) is 1. The van der Waals surface area contributed by atoms with E-state index in [1.165, 1.54) is 0 Å². The van der Waals surface area contributed by atoms with Crippen molar-refractivity contribution in [3.05, 3.63) is 59.4 Å². The zero-order valence-corrected chi connectivity index (χ0v) is 18.0. The van der Waals surface area contributed by atoms with Gasteiger partial charge < -0.3 is 14.6 Å². The summed E-state index contributed by atoms with van der Waals surface area (Å²) in [5.41, 5.74) is 1.43. The summed E-state index contributed by atoms with van der Waals surface area (Å²) in [7, 11) is 1.62. The molecule has 1 fully saturated rings. The van der Waals surface area contributed by atoms with E-state index < -0.39 is 0 Å². The molecule has 0 radical (unpaired) electrons. The van der Waals surface area contributed by atoms with Crippen LogP contribution in [0.1, 0.15) is 5.89 Å². The Labute approximate surface area is 185 Å². The van der Waals surface area contributed by atoms with Crippen LogP contribution in [0.4, 0.5) is 5.69 Å². The molecule has 0 aliphatic carbocycles. The number of carbonyl (C=O) groups excluding carboxylic acids is 1. The van der Waals surface area contributed by atoms with Gasteiger partial charge in [0.2, 0.25) is 17.6 Å². The number of rotatable bonds is 7. The molecule has 0 bridgehead atoms. The van der Waals surface area contributed by atoms with Crippen molar-refractivity contribution in [2.24, 2.45) is 0 Å². The fourth-order valence-electron chi connectivity index (χ4n) is 3.51. The second-order valence-corrected chi connectivity index (χ2v) is 7.70. The second-order valence-electron chi connectivity index (χ2n) is 7.29. The largest absolute Gasteiger partial charge is 0.496 e. The Balaban J connectivity index is 1.26. The molecule has 1 saturated heterocycles. The van der Waals surface area contributed by atoms with Gasteiger partial charge in [-0.25, -0.2) is 0 Å². The topological polar surface area (TPSA) is 83.7 Å². The van der Waals surface area contributed by atoms with Crippen molar-refractivity contribution >= 4 is 23.2 Å². The average Bonchev–Trinajstić information content (AvgIpc) is 3.25. The Morgan fingerprint density at radius 1 is 1.10 bits per heavy atom. The number of aromatic nitrogens is 2. The molecule has 1 aliphatic rings. The zero-order chi connectivity index (χ0) is 21.6. The number of para-hydroxylation sites is 2. The lowest BCUT2D eigenvalue weighted by Crippen LogP contribution is -2.48. The Kier molecular flexibility index (Phi) is 6.81. The molecule has 1 aliphatic heterocycles. The molecule has 2 heterocycles. The minimum Gasteiger partial charge on any atom is -0.496 e. The van der Waals surface area contributed by atoms with E-state index in [1.807, 2.05) is 36.4 Å². The smallest absolute Gasteiger partial charge is 0.241 e. The lowest BCUT2D eigenvalue weighted by Gasteiger charge is -2.33. The van der Waals surface area contributed by atoms with Crippen LogP contribution >= 0.6 is 11.6 Å². The second kappa shape index (κ2) is 9.91. The molecule has 4 rings (SSSR count). The number of benzene rings is 2. The highest BCUT2D eigenvalue weighted by atomic mass is 35.5. The highest BCUT2D eigenvalue weighted by Crippen LogP contribution is 2.27. The third-order valence-electron chi connectivity index (χ3n) is 5.15. The Morgan fingerprint density at radius 2 is 1.81 bits per heavy atom. The fourth-order valence-corrected chi connectivity index (χ4v) is 3.69. The van der Waals surface area contributed by atoms with Crippen LogP contribution in [0.5, 0.6) is 5.75 Å². The van der Waals surface area contributed by atoms with Gasteiger partial charge >= 0.3 is 0 Å². The van der Waals surface area contributed by atoms with E-state index in [0.29, 0.717) is 41.3 Å². The highest BCUT2D eigenvalue weighted by Gasteiger charge is 2.21. The van der Waals surface area contributed by atoms with E-state index in [-0.39, 0.29) is 5.91 Å². The predicted molar refractivity (Wildman–Crippen MR) is 118 cm³/mol. The maximum atomic E-state index is 12.3. The maximum Gasteiger partial charge on any atom is 0.241 e. The summed E-state index contributed by atoms with van der Waals surface area (Å²) in [6.07, 6.45) is 0. The Hall–Kier alpha value is -2.94. The standard InChI is InChI=1S/C22H24ClN5O3/c1-30-19-9-5-2-6-16(19)22-25-21(31-26-22)15-28-12-10-27(11-13-28)14-20(29)24-18-8-4-3-7-17(18)23/h2-9H,10-15H2,1H3,(H,24,29). The SMILES string of the molecule is COc1ccccc1-c1noc(CN2CCN(CC(=O)Nc3ccccc3Cl)CC2)n1. The van der Waals surface area contributed by atoms with Gasteiger partial charge in [0.1, 0.15) is 5.75 Å². The number of carbonyl (C=O) groups is 1. The van der Waals surface area contributed by atoms with E-state index in [4.69, 9.17) is 20.9 Å². The molecule has 1 N–H and O–H groups in total. The number of ether oxygens (including phenoxy) is 1. The first-order valence-corrected chi connectivity index (χ1v) is 10.5. The number of nitrogens with zero attached hydrogens (tertiary/aromatic N) is 4. The van der Waals surface area contributed by atoms with Gasteiger partial charge in [-0.05, 0) is 24.3 Å². The van der Waals surface area contributed by atoms with Crippen LogP contribution in [-0.4, -0.2) is 65.7 Å². The summed E-state index contributed by atoms with van der Waals surface area (Å²) in [5, 5.41) is 7.50. The van der Waals surface area contributed by atoms with Gasteiger partial charge in [0, 0.05) is 26.2 Å². The molecule has 0 saturated carbocycles. The molecule has 0 spiro atoms. The molecule has 8 nitrogen and oxygen atoms in total. The van der Waals surface area contributed by atoms with Crippen molar-refractivity contribution in [3.63, 3.8) is 0 Å². The van der Waals surface area contributed by atoms with E-state index in [0.717, 1.165) is 31.7 Å². The molecule has 1 amide bonds. The number of amides is 1. The van der Waals surface area contributed by atoms with Crippen LogP contribution in [0.2, 0.25) is 5.02 Å². The van der Waals surface area contributed by atoms with E-state index in [2.05, 4.69) is 25.3 Å². The van der Waals surface area contributed by atoms with Crippen LogP contribution in [-0.2, 0) is 11.3 Å². The molecule has 1 aromatic heterocycles. The number of halogens is 1. The molecule has 0 unspecified atom stereocenters. The van der Waals surface area contributed by atoms with Crippen molar-refractivity contribution in [1.29, 1.82) is 0 Å². The summed E-state index contributed by atoms with van der Waals surface area (Å²) < 4.78 is 10.8. The van der Waals surface area contributed by atoms with Gasteiger partial charge in [-0.15, -0.1) is 0 Å². The van der Waals surface area contributed by atoms with Crippen molar-refractivity contribution in [3.8, 4) is 17.1 Å². The van der Waals surface area contributed by atoms with Gasteiger partial charge in [-0.1, -0.05) is 41.0 Å². The van der Waals surface area contributed by atoms with Crippen LogP contribution in [0.3, 0.4) is 0 Å². The molecule has 9 heteroatoms. The lowest BCUT2D eigenvalue weighted by molar-refractivity contribution is -0.117. The number of hydrogen-bond donors (Lipinski definition) is 1. The fraction of sp³-hybridized carbons (Fsp3) is 0.318. The van der Waals surface area contributed by atoms with E-state index >= 15 is 0 Å². The molecular formula is C22H24ClN5O3. The van der Waals surface area contributed by atoms with Crippen molar-refractivity contribution in [2.45, 2.75) is 6.54 Å². The third kappa shape index (κ3) is 5.41. The van der Waals surface area contributed by atoms with Crippen LogP contribution in [0.25, 0.3) is 11.4 Å². The summed E-state index contributed by atoms with van der Waals surface area (Å²) in [6, 6.07) is 14.8. The van der Waals surface area contributed by atoms with E-state index in [9.17, 15) is 4.79 Å². The minimum absolute atomic E-state index is 0.0695. The summed E-state index contributed by atoms with van der Waals surface area (Å²) >= 11 is 6.10. The summed E-state index contributed by atoms with van der Waals surface area (Å²) in [6.45, 7) is 4.09. The lowest BCUT2D eigenvalue weighted by atomic mass is 10.2. The van der Waals surface area contributed by atoms with Gasteiger partial charge in [-0.2, -0.15) is 4.98 Å². The van der Waals surface area contributed by atoms with Crippen molar-refractivity contribution < 1.29 is 14.1 Å². The quantitative estimate of drug-likeness (QED) is 0.602. The molecule has 0 atom stereocenters. The first kappa shape index (κ1) is 21.3. The number of methoxy groups -OCH3 is 1. The number of anilines is 1. The van der Waals surface area contributed by atoms with Crippen LogP contribution in [0, 0.1) is 0 Å². The minimum atomic E-state index is -0.0695. The monoisotopic (exact) mass is 441 g/mol. The zero-order valence-electron chi connectivity index (χ0n) is 17.3. The van der Waals surface area contributed by atoms with Gasteiger partial charge in [-0.3, -0.25) is 14.6 Å². The highest BCUT2D eigenvalue weighted by molar-refractivity contribution is 6.33. The molecular weight excluding hydrogens is 418 g/mol. The van der Waals surface area contributed by atoms with Crippen LogP contribution in [0.15, 0.2) is 53.1 Å². The van der Waals surface area contributed by atoms with Crippen LogP contribution < -0.4 is 10.1 Å². The molecule has 2 aromatic carbocycles. The first-order valence-electron chi connectivity index (χ1n) is 10.1. The third-order valence-corrected chi connectivity index (χ3v) is 5.48. The Morgan fingerprint density at radius 3 is 2.58 bits per heavy atom. The van der Waals surface area contributed by atoms with Crippen molar-refractivity contribution in [2.75, 3.05) is 45.2 Å².